The van der Waals surface area contributed by atoms with E-state index in [4.69, 9.17) is 9.97 Å². The number of nitrogens with zero attached hydrogens (tertiary/aromatic N) is 5. The third-order valence-corrected chi connectivity index (χ3v) is 7.97. The molecule has 8 nitrogen and oxygen atoms in total. The summed E-state index contributed by atoms with van der Waals surface area (Å²) >= 11 is 1.84. The van der Waals surface area contributed by atoms with Crippen LogP contribution in [0, 0.1) is 10.1 Å². The highest BCUT2D eigenvalue weighted by molar-refractivity contribution is 7.19. The molecule has 1 saturated heterocycles. The van der Waals surface area contributed by atoms with Crippen molar-refractivity contribution in [2.75, 3.05) is 31.1 Å². The number of aromatic nitrogens is 2. The Labute approximate surface area is 202 Å². The Morgan fingerprint density at radius 1 is 1.09 bits per heavy atom. The Morgan fingerprint density at radius 3 is 2.53 bits per heavy atom. The fourth-order valence-corrected chi connectivity index (χ4v) is 6.16. The first-order chi connectivity index (χ1) is 16.5. The molecule has 1 aliphatic heterocycles. The minimum absolute atomic E-state index is 0.00730. The molecule has 1 aromatic carbocycles. The average Bonchev–Trinajstić information content (AvgIpc) is 3.25. The van der Waals surface area contributed by atoms with Crippen LogP contribution in [0.4, 0.5) is 11.5 Å². The first kappa shape index (κ1) is 22.7. The third kappa shape index (κ3) is 4.36. The number of carbonyl (C=O) groups excluding carboxylic acids is 1. The molecule has 3 aromatic rings. The van der Waals surface area contributed by atoms with Crippen LogP contribution < -0.4 is 4.90 Å². The standard InChI is InChI=1S/C25H29N5O3S/c1-2-3-8-21-26-23(22-19-6-4-5-7-20(19)34-24(22)27-21)28-13-15-29(16-14-28)25(31)17-9-11-18(12-10-17)30(32)33/h9-12H,2-8,13-16H2,1H3. The molecule has 178 valence electrons. The van der Waals surface area contributed by atoms with Gasteiger partial charge in [-0.15, -0.1) is 11.3 Å². The van der Waals surface area contributed by atoms with Crippen molar-refractivity contribution in [3.63, 3.8) is 0 Å². The van der Waals surface area contributed by atoms with Gasteiger partial charge < -0.3 is 9.80 Å². The van der Waals surface area contributed by atoms with E-state index in [9.17, 15) is 14.9 Å². The summed E-state index contributed by atoms with van der Waals surface area (Å²) < 4.78 is 0. The smallest absolute Gasteiger partial charge is 0.269 e. The topological polar surface area (TPSA) is 92.5 Å². The van der Waals surface area contributed by atoms with Crippen LogP contribution in [0.15, 0.2) is 24.3 Å². The second-order valence-electron chi connectivity index (χ2n) is 9.04. The second kappa shape index (κ2) is 9.66. The molecule has 0 unspecified atom stereocenters. The van der Waals surface area contributed by atoms with Gasteiger partial charge in [-0.1, -0.05) is 13.3 Å². The molecule has 34 heavy (non-hydrogen) atoms. The van der Waals surface area contributed by atoms with E-state index in [-0.39, 0.29) is 11.6 Å². The highest BCUT2D eigenvalue weighted by Crippen LogP contribution is 2.40. The maximum Gasteiger partial charge on any atom is 0.269 e. The Morgan fingerprint density at radius 2 is 1.82 bits per heavy atom. The number of non-ortho nitro benzene ring substituents is 1. The maximum atomic E-state index is 13.0. The molecule has 2 aliphatic rings. The van der Waals surface area contributed by atoms with E-state index in [2.05, 4.69) is 11.8 Å². The lowest BCUT2D eigenvalue weighted by Crippen LogP contribution is -2.49. The highest BCUT2D eigenvalue weighted by atomic mass is 32.1. The van der Waals surface area contributed by atoms with E-state index >= 15 is 0 Å². The SMILES string of the molecule is CCCCc1nc(N2CCN(C(=O)c3ccc([N+](=O)[O-])cc3)CC2)c2c3c(sc2n1)CCCC3. The Hall–Kier alpha value is -3.07. The summed E-state index contributed by atoms with van der Waals surface area (Å²) in [5, 5.41) is 12.1. The van der Waals surface area contributed by atoms with Gasteiger partial charge in [0.2, 0.25) is 0 Å². The summed E-state index contributed by atoms with van der Waals surface area (Å²) in [6.45, 7) is 4.80. The van der Waals surface area contributed by atoms with Gasteiger partial charge in [-0.2, -0.15) is 0 Å². The Bertz CT molecular complexity index is 1220. The molecule has 1 fully saturated rings. The zero-order valence-corrected chi connectivity index (χ0v) is 20.3. The van der Waals surface area contributed by atoms with Crippen molar-refractivity contribution in [1.29, 1.82) is 0 Å². The van der Waals surface area contributed by atoms with Crippen LogP contribution in [0.2, 0.25) is 0 Å². The maximum absolute atomic E-state index is 13.0. The minimum Gasteiger partial charge on any atom is -0.352 e. The monoisotopic (exact) mass is 479 g/mol. The third-order valence-electron chi connectivity index (χ3n) is 6.79. The van der Waals surface area contributed by atoms with E-state index in [0.29, 0.717) is 31.7 Å². The molecule has 0 radical (unpaired) electrons. The minimum atomic E-state index is -0.451. The lowest BCUT2D eigenvalue weighted by atomic mass is 9.96. The second-order valence-corrected chi connectivity index (χ2v) is 10.1. The predicted octanol–water partition coefficient (Wildman–Crippen LogP) is 4.78. The zero-order valence-electron chi connectivity index (χ0n) is 19.5. The number of nitro benzene ring substituents is 1. The molecule has 0 spiro atoms. The summed E-state index contributed by atoms with van der Waals surface area (Å²) in [7, 11) is 0. The van der Waals surface area contributed by atoms with Gasteiger partial charge >= 0.3 is 0 Å². The van der Waals surface area contributed by atoms with Gasteiger partial charge in [0.1, 0.15) is 16.5 Å². The summed E-state index contributed by atoms with van der Waals surface area (Å²) in [5.41, 5.74) is 1.91. The van der Waals surface area contributed by atoms with Gasteiger partial charge in [-0.25, -0.2) is 9.97 Å². The zero-order chi connectivity index (χ0) is 23.7. The molecule has 0 saturated carbocycles. The van der Waals surface area contributed by atoms with Crippen LogP contribution in [-0.2, 0) is 19.3 Å². The molecule has 1 amide bonds. The molecular weight excluding hydrogens is 450 g/mol. The van der Waals surface area contributed by atoms with Crippen LogP contribution in [0.3, 0.4) is 0 Å². The van der Waals surface area contributed by atoms with Crippen molar-refractivity contribution >= 4 is 39.0 Å². The molecule has 3 heterocycles. The molecule has 0 bridgehead atoms. The van der Waals surface area contributed by atoms with Crippen molar-refractivity contribution in [2.45, 2.75) is 51.9 Å². The van der Waals surface area contributed by atoms with Crippen molar-refractivity contribution in [3.05, 3.63) is 56.2 Å². The molecule has 1 aliphatic carbocycles. The van der Waals surface area contributed by atoms with Crippen molar-refractivity contribution in [2.24, 2.45) is 0 Å². The largest absolute Gasteiger partial charge is 0.352 e. The number of rotatable bonds is 6. The number of amides is 1. The van der Waals surface area contributed by atoms with Crippen LogP contribution in [0.5, 0.6) is 0 Å². The number of fused-ring (bicyclic) bond motifs is 3. The number of thiophene rings is 1. The number of aryl methyl sites for hydroxylation is 3. The van der Waals surface area contributed by atoms with Crippen LogP contribution in [-0.4, -0.2) is 51.9 Å². The Balaban J connectivity index is 1.38. The Kier molecular flexibility index (Phi) is 6.45. The van der Waals surface area contributed by atoms with Crippen molar-refractivity contribution in [1.82, 2.24) is 14.9 Å². The van der Waals surface area contributed by atoms with Crippen molar-refractivity contribution in [3.8, 4) is 0 Å². The van der Waals surface area contributed by atoms with Gasteiger partial charge in [-0.3, -0.25) is 14.9 Å². The van der Waals surface area contributed by atoms with E-state index in [1.165, 1.54) is 40.8 Å². The van der Waals surface area contributed by atoms with Gasteiger partial charge in [0.15, 0.2) is 0 Å². The predicted molar refractivity (Wildman–Crippen MR) is 134 cm³/mol. The number of nitro groups is 1. The molecule has 5 rings (SSSR count). The number of hydrogen-bond donors (Lipinski definition) is 0. The number of carbonyl (C=O) groups is 1. The summed E-state index contributed by atoms with van der Waals surface area (Å²) in [5.74, 6) is 1.88. The number of hydrogen-bond acceptors (Lipinski definition) is 7. The van der Waals surface area contributed by atoms with Crippen LogP contribution in [0.1, 0.15) is 59.2 Å². The normalized spacial score (nSPS) is 16.0. The van der Waals surface area contributed by atoms with E-state index in [1.54, 1.807) is 12.1 Å². The first-order valence-corrected chi connectivity index (χ1v) is 13.0. The van der Waals surface area contributed by atoms with E-state index in [0.717, 1.165) is 48.6 Å². The highest BCUT2D eigenvalue weighted by Gasteiger charge is 2.28. The average molecular weight is 480 g/mol. The molecule has 0 atom stereocenters. The van der Waals surface area contributed by atoms with Gasteiger partial charge in [-0.05, 0) is 49.8 Å². The molecule has 9 heteroatoms. The number of benzene rings is 1. The first-order valence-electron chi connectivity index (χ1n) is 12.1. The molecule has 0 N–H and O–H groups in total. The van der Waals surface area contributed by atoms with Crippen LogP contribution >= 0.6 is 11.3 Å². The fourth-order valence-electron chi connectivity index (χ4n) is 4.89. The summed E-state index contributed by atoms with van der Waals surface area (Å²) in [6.07, 6.45) is 7.77. The summed E-state index contributed by atoms with van der Waals surface area (Å²) in [4.78, 5) is 40.1. The lowest BCUT2D eigenvalue weighted by molar-refractivity contribution is -0.384. The summed E-state index contributed by atoms with van der Waals surface area (Å²) in [6, 6.07) is 5.86. The van der Waals surface area contributed by atoms with Crippen molar-refractivity contribution < 1.29 is 9.72 Å². The molecule has 2 aromatic heterocycles. The van der Waals surface area contributed by atoms with Crippen LogP contribution in [0.25, 0.3) is 10.2 Å². The van der Waals surface area contributed by atoms with Gasteiger partial charge in [0.05, 0.1) is 10.3 Å². The number of piperazine rings is 1. The fraction of sp³-hybridized carbons (Fsp3) is 0.480. The molecular formula is C25H29N5O3S. The van der Waals surface area contributed by atoms with E-state index in [1.807, 2.05) is 16.2 Å². The number of unbranched alkanes of at least 4 members (excludes halogenated alkanes) is 1. The van der Waals surface area contributed by atoms with E-state index < -0.39 is 4.92 Å². The number of anilines is 1. The quantitative estimate of drug-likeness (QED) is 0.373. The van der Waals surface area contributed by atoms with Gasteiger partial charge in [0.25, 0.3) is 11.6 Å². The lowest BCUT2D eigenvalue weighted by Gasteiger charge is -2.36. The van der Waals surface area contributed by atoms with Gasteiger partial charge in [0, 0.05) is 55.2 Å².